The van der Waals surface area contributed by atoms with Crippen molar-refractivity contribution in [3.8, 4) is 5.75 Å². The maximum atomic E-state index is 12.4. The number of rotatable bonds is 2. The van der Waals surface area contributed by atoms with E-state index in [4.69, 9.17) is 4.74 Å². The van der Waals surface area contributed by atoms with Crippen molar-refractivity contribution in [2.75, 3.05) is 40.3 Å². The van der Waals surface area contributed by atoms with Gasteiger partial charge < -0.3 is 19.6 Å². The molecule has 0 aliphatic carbocycles. The number of carbonyl (C=O) groups excluding carboxylic acids is 1. The summed E-state index contributed by atoms with van der Waals surface area (Å²) in [6.07, 6.45) is 2.40. The molecule has 1 aromatic carbocycles. The number of ether oxygens (including phenoxy) is 1. The summed E-state index contributed by atoms with van der Waals surface area (Å²) >= 11 is 0. The first-order chi connectivity index (χ1) is 13.2. The van der Waals surface area contributed by atoms with Crippen LogP contribution in [-0.2, 0) is 13.0 Å². The van der Waals surface area contributed by atoms with Crippen LogP contribution in [0.4, 0.5) is 4.79 Å². The van der Waals surface area contributed by atoms with E-state index < -0.39 is 5.60 Å². The van der Waals surface area contributed by atoms with Crippen LogP contribution in [0.15, 0.2) is 18.2 Å². The van der Waals surface area contributed by atoms with Gasteiger partial charge in [0.05, 0.1) is 5.60 Å². The molecule has 0 spiro atoms. The molecule has 6 nitrogen and oxygen atoms in total. The van der Waals surface area contributed by atoms with E-state index in [0.717, 1.165) is 38.2 Å². The summed E-state index contributed by atoms with van der Waals surface area (Å²) in [5.74, 6) is 1.11. The third-order valence-electron chi connectivity index (χ3n) is 6.54. The molecule has 2 atom stereocenters. The van der Waals surface area contributed by atoms with Crippen LogP contribution in [0.1, 0.15) is 37.8 Å². The van der Waals surface area contributed by atoms with Crippen LogP contribution in [0.5, 0.6) is 5.75 Å². The van der Waals surface area contributed by atoms with Gasteiger partial charge in [-0.1, -0.05) is 12.1 Å². The quantitative estimate of drug-likeness (QED) is 0.846. The van der Waals surface area contributed by atoms with Crippen LogP contribution in [0.3, 0.4) is 0 Å². The van der Waals surface area contributed by atoms with Crippen LogP contribution in [0.2, 0.25) is 0 Å². The van der Waals surface area contributed by atoms with E-state index in [1.165, 1.54) is 11.1 Å². The van der Waals surface area contributed by atoms with Crippen LogP contribution in [0, 0.1) is 5.92 Å². The molecule has 0 radical (unpaired) electrons. The standard InChI is InChI=1S/C22H33N3O3/c1-21(2)12-17-11-16(5-6-19(17)28-21)13-24-9-7-22(27)8-10-25(15-18(22)14-24)20(26)23(3)4/h5-6,11,18,27H,7-10,12-15H2,1-4H3/t18-,22-/m1/s1. The molecular formula is C22H33N3O3. The highest BCUT2D eigenvalue weighted by Gasteiger charge is 2.46. The summed E-state index contributed by atoms with van der Waals surface area (Å²) in [7, 11) is 3.57. The number of piperidine rings is 2. The number of hydrogen-bond donors (Lipinski definition) is 1. The van der Waals surface area contributed by atoms with Crippen molar-refractivity contribution in [2.24, 2.45) is 5.92 Å². The summed E-state index contributed by atoms with van der Waals surface area (Å²) < 4.78 is 5.99. The first-order valence-corrected chi connectivity index (χ1v) is 10.4. The normalized spacial score (nSPS) is 29.0. The SMILES string of the molecule is CN(C)C(=O)N1CC[C@]2(O)CCN(Cc3ccc4c(c3)CC(C)(C)O4)C[C@@H]2C1. The predicted octanol–water partition coefficient (Wildman–Crippen LogP) is 2.34. The number of amides is 2. The average molecular weight is 388 g/mol. The Kier molecular flexibility index (Phi) is 4.82. The number of aliphatic hydroxyl groups is 1. The van der Waals surface area contributed by atoms with Crippen LogP contribution < -0.4 is 4.74 Å². The molecule has 0 unspecified atom stereocenters. The lowest BCUT2D eigenvalue weighted by Gasteiger charge is -2.50. The van der Waals surface area contributed by atoms with Crippen molar-refractivity contribution in [3.05, 3.63) is 29.3 Å². The zero-order valence-corrected chi connectivity index (χ0v) is 17.6. The first-order valence-electron chi connectivity index (χ1n) is 10.4. The van der Waals surface area contributed by atoms with Gasteiger partial charge in [0.15, 0.2) is 0 Å². The predicted molar refractivity (Wildman–Crippen MR) is 108 cm³/mol. The van der Waals surface area contributed by atoms with E-state index in [-0.39, 0.29) is 17.6 Å². The number of benzene rings is 1. The molecule has 2 fully saturated rings. The second-order valence-corrected chi connectivity index (χ2v) is 9.64. The van der Waals surface area contributed by atoms with E-state index in [1.54, 1.807) is 19.0 Å². The molecule has 6 heteroatoms. The lowest BCUT2D eigenvalue weighted by molar-refractivity contribution is -0.108. The molecule has 0 aromatic heterocycles. The third kappa shape index (κ3) is 3.72. The maximum Gasteiger partial charge on any atom is 0.319 e. The van der Waals surface area contributed by atoms with Crippen molar-refractivity contribution in [3.63, 3.8) is 0 Å². The van der Waals surface area contributed by atoms with Gasteiger partial charge in [0.2, 0.25) is 0 Å². The molecule has 0 saturated carbocycles. The first kappa shape index (κ1) is 19.5. The molecule has 2 saturated heterocycles. The Morgan fingerprint density at radius 1 is 1.25 bits per heavy atom. The number of likely N-dealkylation sites (tertiary alicyclic amines) is 2. The summed E-state index contributed by atoms with van der Waals surface area (Å²) in [6, 6.07) is 6.57. The lowest BCUT2D eigenvalue weighted by atomic mass is 9.75. The van der Waals surface area contributed by atoms with Gasteiger partial charge in [-0.3, -0.25) is 4.90 Å². The van der Waals surface area contributed by atoms with Crippen molar-refractivity contribution >= 4 is 6.03 Å². The van der Waals surface area contributed by atoms with E-state index >= 15 is 0 Å². The highest BCUT2D eigenvalue weighted by molar-refractivity contribution is 5.74. The summed E-state index contributed by atoms with van der Waals surface area (Å²) in [4.78, 5) is 18.3. The van der Waals surface area contributed by atoms with Gasteiger partial charge in [-0.2, -0.15) is 0 Å². The molecule has 28 heavy (non-hydrogen) atoms. The van der Waals surface area contributed by atoms with Crippen molar-refractivity contribution in [2.45, 2.75) is 50.9 Å². The molecule has 3 heterocycles. The number of nitrogens with zero attached hydrogens (tertiary/aromatic N) is 3. The lowest BCUT2D eigenvalue weighted by Crippen LogP contribution is -2.61. The largest absolute Gasteiger partial charge is 0.487 e. The molecule has 154 valence electrons. The summed E-state index contributed by atoms with van der Waals surface area (Å²) in [6.45, 7) is 8.13. The van der Waals surface area contributed by atoms with Gasteiger partial charge in [-0.15, -0.1) is 0 Å². The third-order valence-corrected chi connectivity index (χ3v) is 6.54. The fraction of sp³-hybridized carbons (Fsp3) is 0.682. The molecule has 2 amide bonds. The van der Waals surface area contributed by atoms with Crippen molar-refractivity contribution in [1.82, 2.24) is 14.7 Å². The Labute approximate surface area is 168 Å². The van der Waals surface area contributed by atoms with Gasteiger partial charge in [-0.25, -0.2) is 4.79 Å². The molecular weight excluding hydrogens is 354 g/mol. The highest BCUT2D eigenvalue weighted by Crippen LogP contribution is 2.38. The minimum atomic E-state index is -0.630. The Morgan fingerprint density at radius 2 is 2.00 bits per heavy atom. The fourth-order valence-electron chi connectivity index (χ4n) is 4.99. The second kappa shape index (κ2) is 6.92. The van der Waals surface area contributed by atoms with E-state index in [0.29, 0.717) is 19.5 Å². The zero-order chi connectivity index (χ0) is 20.1. The van der Waals surface area contributed by atoms with E-state index in [1.807, 2.05) is 4.90 Å². The molecule has 1 aromatic rings. The average Bonchev–Trinajstić information content (AvgIpc) is 2.94. The second-order valence-electron chi connectivity index (χ2n) is 9.64. The summed E-state index contributed by atoms with van der Waals surface area (Å²) in [5.41, 5.74) is 1.83. The molecule has 0 bridgehead atoms. The number of urea groups is 1. The van der Waals surface area contributed by atoms with E-state index in [2.05, 4.69) is 36.9 Å². The molecule has 1 N–H and O–H groups in total. The van der Waals surface area contributed by atoms with Crippen molar-refractivity contribution < 1.29 is 14.6 Å². The zero-order valence-electron chi connectivity index (χ0n) is 17.6. The van der Waals surface area contributed by atoms with E-state index in [9.17, 15) is 9.90 Å². The number of fused-ring (bicyclic) bond motifs is 2. The minimum absolute atomic E-state index is 0.0420. The molecule has 3 aliphatic heterocycles. The minimum Gasteiger partial charge on any atom is -0.487 e. The monoisotopic (exact) mass is 387 g/mol. The number of carbonyl (C=O) groups is 1. The van der Waals surface area contributed by atoms with Gasteiger partial charge in [0, 0.05) is 59.2 Å². The molecule has 3 aliphatic rings. The smallest absolute Gasteiger partial charge is 0.319 e. The van der Waals surface area contributed by atoms with Crippen LogP contribution in [0.25, 0.3) is 0 Å². The maximum absolute atomic E-state index is 12.4. The topological polar surface area (TPSA) is 56.2 Å². The fourth-order valence-corrected chi connectivity index (χ4v) is 4.99. The Hall–Kier alpha value is -1.79. The Morgan fingerprint density at radius 3 is 2.75 bits per heavy atom. The number of hydrogen-bond acceptors (Lipinski definition) is 4. The van der Waals surface area contributed by atoms with Crippen LogP contribution in [-0.4, -0.2) is 77.3 Å². The summed E-state index contributed by atoms with van der Waals surface area (Å²) in [5, 5.41) is 11.1. The Balaban J connectivity index is 1.42. The Bertz CT molecular complexity index is 763. The van der Waals surface area contributed by atoms with Gasteiger partial charge in [0.1, 0.15) is 11.4 Å². The van der Waals surface area contributed by atoms with Crippen LogP contribution >= 0.6 is 0 Å². The van der Waals surface area contributed by atoms with Gasteiger partial charge in [0.25, 0.3) is 0 Å². The molecule has 4 rings (SSSR count). The van der Waals surface area contributed by atoms with Gasteiger partial charge in [-0.05, 0) is 43.9 Å². The van der Waals surface area contributed by atoms with Crippen molar-refractivity contribution in [1.29, 1.82) is 0 Å². The van der Waals surface area contributed by atoms with Gasteiger partial charge >= 0.3 is 6.03 Å². The highest BCUT2D eigenvalue weighted by atomic mass is 16.5.